The van der Waals surface area contributed by atoms with Crippen LogP contribution in [-0.4, -0.2) is 96.7 Å². The van der Waals surface area contributed by atoms with Crippen LogP contribution in [0.25, 0.3) is 0 Å². The maximum absolute atomic E-state index is 13.1. The summed E-state index contributed by atoms with van der Waals surface area (Å²) < 4.78 is 68.7. The number of phosphoric ester groups is 2. The fourth-order valence-corrected chi connectivity index (χ4v) is 14.5. The van der Waals surface area contributed by atoms with Crippen molar-refractivity contribution < 1.29 is 80.2 Å². The van der Waals surface area contributed by atoms with Crippen molar-refractivity contribution in [3.05, 3.63) is 0 Å². The monoisotopic (exact) mass is 1490 g/mol. The molecule has 17 nitrogen and oxygen atoms in total. The lowest BCUT2D eigenvalue weighted by molar-refractivity contribution is -0.161. The predicted molar refractivity (Wildman–Crippen MR) is 418 cm³/mol. The number of rotatable bonds is 82. The summed E-state index contributed by atoms with van der Waals surface area (Å²) in [7, 11) is -9.92. The van der Waals surface area contributed by atoms with Crippen LogP contribution in [0.1, 0.15) is 440 Å². The fraction of sp³-hybridized carbons (Fsp3) is 0.952. The third-order valence-electron chi connectivity index (χ3n) is 19.5. The Hall–Kier alpha value is -1.94. The summed E-state index contributed by atoms with van der Waals surface area (Å²) >= 11 is 0. The quantitative estimate of drug-likeness (QED) is 0.0222. The molecule has 0 radical (unpaired) electrons. The van der Waals surface area contributed by atoms with Crippen molar-refractivity contribution in [3.8, 4) is 0 Å². The lowest BCUT2D eigenvalue weighted by Gasteiger charge is -2.21. The van der Waals surface area contributed by atoms with E-state index in [0.29, 0.717) is 25.7 Å². The van der Waals surface area contributed by atoms with Gasteiger partial charge in [0.25, 0.3) is 0 Å². The van der Waals surface area contributed by atoms with Crippen molar-refractivity contribution in [2.45, 2.75) is 458 Å². The van der Waals surface area contributed by atoms with Crippen molar-refractivity contribution in [3.63, 3.8) is 0 Å². The Morgan fingerprint density at radius 2 is 0.451 bits per heavy atom. The number of phosphoric acid groups is 2. The summed E-state index contributed by atoms with van der Waals surface area (Å²) in [6.45, 7) is 9.68. The van der Waals surface area contributed by atoms with Gasteiger partial charge in [-0.05, 0) is 37.5 Å². The van der Waals surface area contributed by atoms with Gasteiger partial charge in [-0.3, -0.25) is 37.3 Å². The van der Waals surface area contributed by atoms with Crippen molar-refractivity contribution >= 4 is 39.5 Å². The molecule has 0 bridgehead atoms. The smallest absolute Gasteiger partial charge is 0.462 e. The topological polar surface area (TPSA) is 237 Å². The predicted octanol–water partition coefficient (Wildman–Crippen LogP) is 25.1. The minimum absolute atomic E-state index is 0.108. The van der Waals surface area contributed by atoms with E-state index in [2.05, 4.69) is 41.5 Å². The molecule has 102 heavy (non-hydrogen) atoms. The van der Waals surface area contributed by atoms with Crippen LogP contribution < -0.4 is 0 Å². The molecular weight excluding hydrogens is 1330 g/mol. The lowest BCUT2D eigenvalue weighted by Crippen LogP contribution is -2.30. The van der Waals surface area contributed by atoms with Crippen molar-refractivity contribution in [2.24, 2.45) is 11.8 Å². The zero-order valence-corrected chi connectivity index (χ0v) is 68.7. The van der Waals surface area contributed by atoms with E-state index in [1.165, 1.54) is 250 Å². The number of carbonyl (C=O) groups excluding carboxylic acids is 4. The van der Waals surface area contributed by atoms with Crippen LogP contribution in [0.3, 0.4) is 0 Å². The van der Waals surface area contributed by atoms with Crippen molar-refractivity contribution in [1.82, 2.24) is 0 Å². The number of ether oxygens (including phenoxy) is 4. The Labute approximate surface area is 626 Å². The van der Waals surface area contributed by atoms with E-state index in [0.717, 1.165) is 108 Å². The Morgan fingerprint density at radius 3 is 0.667 bits per heavy atom. The number of esters is 4. The standard InChI is InChI=1S/C83H162O17P2/c1-7-9-11-13-15-17-18-19-20-21-22-27-33-38-43-49-55-61-67-82(87)99-78(71-93-80(85)65-59-53-47-16-14-12-10-8-2)73-97-101(89,90)95-69-77(84)70-96-102(91,92)98-74-79(100-83(88)68-62-56-50-44-39-34-29-24-26-31-36-41-46-52-58-64-76(5)6)72-94-81(86)66-60-54-48-42-37-32-28-23-25-30-35-40-45-51-57-63-75(3)4/h75-79,84H,7-74H2,1-6H3,(H,89,90)(H,91,92)/t77-,78+,79+/m0/s1. The molecule has 3 N–H and O–H groups in total. The van der Waals surface area contributed by atoms with Crippen LogP contribution in [0.15, 0.2) is 0 Å². The highest BCUT2D eigenvalue weighted by atomic mass is 31.2. The fourth-order valence-electron chi connectivity index (χ4n) is 12.9. The van der Waals surface area contributed by atoms with E-state index in [-0.39, 0.29) is 25.7 Å². The second kappa shape index (κ2) is 74.5. The summed E-state index contributed by atoms with van der Waals surface area (Å²) in [4.78, 5) is 73.0. The molecule has 0 heterocycles. The lowest BCUT2D eigenvalue weighted by atomic mass is 10.0. The maximum atomic E-state index is 13.1. The van der Waals surface area contributed by atoms with Crippen LogP contribution in [0.4, 0.5) is 0 Å². The minimum Gasteiger partial charge on any atom is -0.462 e. The van der Waals surface area contributed by atoms with Crippen LogP contribution in [-0.2, 0) is 65.4 Å². The first-order chi connectivity index (χ1) is 49.4. The van der Waals surface area contributed by atoms with E-state index in [9.17, 15) is 43.2 Å². The summed E-state index contributed by atoms with van der Waals surface area (Å²) in [6.07, 6.45) is 65.3. The van der Waals surface area contributed by atoms with Gasteiger partial charge in [0.05, 0.1) is 26.4 Å². The van der Waals surface area contributed by atoms with E-state index in [1.807, 2.05) is 0 Å². The van der Waals surface area contributed by atoms with Gasteiger partial charge < -0.3 is 33.8 Å². The van der Waals surface area contributed by atoms with Gasteiger partial charge in [-0.2, -0.15) is 0 Å². The SMILES string of the molecule is CCCCCCCCCCCCCCCCCCCCC(=O)O[C@H](COC(=O)CCCCCCCCCC)COP(=O)(O)OC[C@H](O)COP(=O)(O)OC[C@@H](COC(=O)CCCCCCCCCCCCCCCCCC(C)C)OC(=O)CCCCCCCCCCCCCCCCCC(C)C. The molecule has 0 saturated heterocycles. The maximum Gasteiger partial charge on any atom is 0.472 e. The van der Waals surface area contributed by atoms with Gasteiger partial charge in [-0.25, -0.2) is 9.13 Å². The molecule has 0 aromatic heterocycles. The van der Waals surface area contributed by atoms with E-state index >= 15 is 0 Å². The number of hydrogen-bond donors (Lipinski definition) is 3. The molecule has 0 aliphatic rings. The molecular formula is C83H162O17P2. The average Bonchev–Trinajstić information content (AvgIpc) is 1.05. The number of aliphatic hydroxyl groups excluding tert-OH is 1. The van der Waals surface area contributed by atoms with Gasteiger partial charge in [0.1, 0.15) is 19.3 Å². The zero-order chi connectivity index (χ0) is 74.9. The summed E-state index contributed by atoms with van der Waals surface area (Å²) in [5.41, 5.74) is 0. The zero-order valence-electron chi connectivity index (χ0n) is 66.9. The van der Waals surface area contributed by atoms with Crippen molar-refractivity contribution in [2.75, 3.05) is 39.6 Å². The van der Waals surface area contributed by atoms with Crippen LogP contribution in [0.2, 0.25) is 0 Å². The Balaban J connectivity index is 5.19. The third-order valence-corrected chi connectivity index (χ3v) is 21.4. The van der Waals surface area contributed by atoms with E-state index in [1.54, 1.807) is 0 Å². The average molecular weight is 1490 g/mol. The van der Waals surface area contributed by atoms with Gasteiger partial charge in [0.2, 0.25) is 0 Å². The van der Waals surface area contributed by atoms with Crippen LogP contribution >= 0.6 is 15.6 Å². The molecule has 0 amide bonds. The second-order valence-electron chi connectivity index (χ2n) is 30.8. The molecule has 0 aromatic carbocycles. The molecule has 0 rings (SSSR count). The molecule has 19 heteroatoms. The summed E-state index contributed by atoms with van der Waals surface area (Å²) in [5.74, 6) is -0.499. The molecule has 0 aliphatic heterocycles. The minimum atomic E-state index is -4.96. The van der Waals surface area contributed by atoms with Gasteiger partial charge in [-0.1, -0.05) is 388 Å². The summed E-state index contributed by atoms with van der Waals surface area (Å²) in [6, 6.07) is 0. The number of hydrogen-bond acceptors (Lipinski definition) is 15. The molecule has 0 spiro atoms. The molecule has 5 atom stereocenters. The first kappa shape index (κ1) is 100. The molecule has 0 saturated carbocycles. The van der Waals surface area contributed by atoms with E-state index < -0.39 is 97.5 Å². The molecule has 0 fully saturated rings. The highest BCUT2D eigenvalue weighted by molar-refractivity contribution is 7.47. The molecule has 0 aromatic rings. The first-order valence-corrected chi connectivity index (χ1v) is 46.0. The molecule has 606 valence electrons. The number of aliphatic hydroxyl groups is 1. The summed E-state index contributed by atoms with van der Waals surface area (Å²) in [5, 5.41) is 10.6. The van der Waals surface area contributed by atoms with Crippen LogP contribution in [0, 0.1) is 11.8 Å². The second-order valence-corrected chi connectivity index (χ2v) is 33.7. The Kier molecular flexibility index (Phi) is 73.1. The molecule has 2 unspecified atom stereocenters. The van der Waals surface area contributed by atoms with Gasteiger partial charge in [0, 0.05) is 25.7 Å². The van der Waals surface area contributed by atoms with Gasteiger partial charge in [0.15, 0.2) is 12.2 Å². The largest absolute Gasteiger partial charge is 0.472 e. The van der Waals surface area contributed by atoms with Crippen LogP contribution in [0.5, 0.6) is 0 Å². The number of carbonyl (C=O) groups is 4. The Morgan fingerprint density at radius 1 is 0.265 bits per heavy atom. The highest BCUT2D eigenvalue weighted by Gasteiger charge is 2.30. The van der Waals surface area contributed by atoms with Crippen molar-refractivity contribution in [1.29, 1.82) is 0 Å². The number of unbranched alkanes of at least 4 members (excludes halogenated alkanes) is 52. The van der Waals surface area contributed by atoms with Gasteiger partial charge >= 0.3 is 39.5 Å². The molecule has 0 aliphatic carbocycles. The normalized spacial score (nSPS) is 13.9. The van der Waals surface area contributed by atoms with Gasteiger partial charge in [-0.15, -0.1) is 0 Å². The third kappa shape index (κ3) is 76.3. The van der Waals surface area contributed by atoms with E-state index in [4.69, 9.17) is 37.0 Å². The highest BCUT2D eigenvalue weighted by Crippen LogP contribution is 2.45. The first-order valence-electron chi connectivity index (χ1n) is 43.0. The Bertz CT molecular complexity index is 1960.